The van der Waals surface area contributed by atoms with Gasteiger partial charge in [-0.2, -0.15) is 0 Å². The number of methoxy groups -OCH3 is 2. The predicted octanol–water partition coefficient (Wildman–Crippen LogP) is 1.62. The third kappa shape index (κ3) is 3.94. The van der Waals surface area contributed by atoms with Gasteiger partial charge in [-0.1, -0.05) is 6.07 Å². The molecule has 1 aromatic heterocycles. The Bertz CT molecular complexity index is 1230. The average molecular weight is 411 g/mol. The molecule has 0 aliphatic heterocycles. The zero-order valence-electron chi connectivity index (χ0n) is 17.7. The maximum Gasteiger partial charge on any atom is 0.330 e. The van der Waals surface area contributed by atoms with Crippen molar-refractivity contribution in [1.82, 2.24) is 14.5 Å². The van der Waals surface area contributed by atoms with Gasteiger partial charge in [-0.25, -0.2) is 4.79 Å². The molecule has 8 nitrogen and oxygen atoms in total. The van der Waals surface area contributed by atoms with Crippen LogP contribution in [0.15, 0.2) is 46.0 Å². The molecule has 0 spiro atoms. The largest absolute Gasteiger partial charge is 0.493 e. The van der Waals surface area contributed by atoms with Crippen molar-refractivity contribution in [3.8, 4) is 11.5 Å². The number of ether oxygens (including phenoxy) is 2. The molecule has 1 amide bonds. The van der Waals surface area contributed by atoms with Gasteiger partial charge in [0, 0.05) is 25.7 Å². The lowest BCUT2D eigenvalue weighted by molar-refractivity contribution is 0.0940. The van der Waals surface area contributed by atoms with E-state index in [1.165, 1.54) is 17.7 Å². The van der Waals surface area contributed by atoms with Crippen LogP contribution in [0.1, 0.15) is 22.8 Å². The van der Waals surface area contributed by atoms with Crippen molar-refractivity contribution < 1.29 is 14.3 Å². The molecule has 1 N–H and O–H groups in total. The fourth-order valence-electron chi connectivity index (χ4n) is 3.46. The number of rotatable bonds is 6. The van der Waals surface area contributed by atoms with Crippen LogP contribution in [0, 0.1) is 0 Å². The number of aryl methyl sites for hydroxylation is 1. The van der Waals surface area contributed by atoms with E-state index < -0.39 is 11.2 Å². The summed E-state index contributed by atoms with van der Waals surface area (Å²) in [6.07, 6.45) is 0.593. The van der Waals surface area contributed by atoms with Gasteiger partial charge in [0.1, 0.15) is 0 Å². The van der Waals surface area contributed by atoms with Crippen LogP contribution in [-0.4, -0.2) is 35.3 Å². The second-order valence-electron chi connectivity index (χ2n) is 7.21. The van der Waals surface area contributed by atoms with Crippen LogP contribution in [0.3, 0.4) is 0 Å². The van der Waals surface area contributed by atoms with Crippen LogP contribution in [0.5, 0.6) is 11.5 Å². The molecule has 0 saturated heterocycles. The maximum atomic E-state index is 12.7. The number of carbonyl (C=O) groups is 1. The Morgan fingerprint density at radius 2 is 1.70 bits per heavy atom. The van der Waals surface area contributed by atoms with E-state index in [-0.39, 0.29) is 11.9 Å². The zero-order valence-corrected chi connectivity index (χ0v) is 17.7. The van der Waals surface area contributed by atoms with Crippen molar-refractivity contribution in [1.29, 1.82) is 0 Å². The fourth-order valence-corrected chi connectivity index (χ4v) is 3.46. The standard InChI is InChI=1S/C22H25N3O5/c1-13(10-14-6-9-18(29-4)19(11-14)30-5)23-20(26)15-7-8-17-16(12-15)21(27)25(3)22(28)24(17)2/h6-9,11-13H,10H2,1-5H3,(H,23,26)/t13-/m0/s1. The minimum Gasteiger partial charge on any atom is -0.493 e. The number of nitrogens with one attached hydrogen (secondary N) is 1. The first-order valence-electron chi connectivity index (χ1n) is 9.48. The zero-order chi connectivity index (χ0) is 22.0. The highest BCUT2D eigenvalue weighted by Crippen LogP contribution is 2.28. The van der Waals surface area contributed by atoms with Crippen LogP contribution in [0.4, 0.5) is 0 Å². The summed E-state index contributed by atoms with van der Waals surface area (Å²) in [6.45, 7) is 1.90. The highest BCUT2D eigenvalue weighted by molar-refractivity contribution is 5.98. The van der Waals surface area contributed by atoms with E-state index in [9.17, 15) is 14.4 Å². The van der Waals surface area contributed by atoms with Crippen LogP contribution in [-0.2, 0) is 20.5 Å². The number of aromatic nitrogens is 2. The molecule has 0 saturated carbocycles. The van der Waals surface area contributed by atoms with Crippen molar-refractivity contribution in [3.05, 3.63) is 68.4 Å². The smallest absolute Gasteiger partial charge is 0.330 e. The van der Waals surface area contributed by atoms with E-state index in [1.807, 2.05) is 25.1 Å². The van der Waals surface area contributed by atoms with Gasteiger partial charge in [-0.3, -0.25) is 18.7 Å². The molecule has 3 rings (SSSR count). The Kier molecular flexibility index (Phi) is 5.96. The third-order valence-corrected chi connectivity index (χ3v) is 5.10. The number of amides is 1. The Balaban J connectivity index is 1.81. The first-order valence-corrected chi connectivity index (χ1v) is 9.48. The van der Waals surface area contributed by atoms with Crippen LogP contribution in [0.2, 0.25) is 0 Å². The van der Waals surface area contributed by atoms with E-state index in [0.29, 0.717) is 34.4 Å². The SMILES string of the molecule is COc1ccc(C[C@H](C)NC(=O)c2ccc3c(c2)c(=O)n(C)c(=O)n3C)cc1OC. The monoisotopic (exact) mass is 411 g/mol. The maximum absolute atomic E-state index is 12.7. The molecule has 158 valence electrons. The number of nitrogens with zero attached hydrogens (tertiary/aromatic N) is 2. The van der Waals surface area contributed by atoms with E-state index in [4.69, 9.17) is 9.47 Å². The van der Waals surface area contributed by atoms with Gasteiger partial charge in [0.2, 0.25) is 0 Å². The van der Waals surface area contributed by atoms with Gasteiger partial charge < -0.3 is 14.8 Å². The molecule has 0 aliphatic rings. The molecular formula is C22H25N3O5. The van der Waals surface area contributed by atoms with Gasteiger partial charge in [0.05, 0.1) is 25.1 Å². The normalized spacial score (nSPS) is 11.9. The fraction of sp³-hybridized carbons (Fsp3) is 0.318. The molecule has 3 aromatic rings. The van der Waals surface area contributed by atoms with Crippen LogP contribution < -0.4 is 26.0 Å². The van der Waals surface area contributed by atoms with Gasteiger partial charge in [-0.05, 0) is 49.2 Å². The second-order valence-corrected chi connectivity index (χ2v) is 7.21. The predicted molar refractivity (Wildman–Crippen MR) is 115 cm³/mol. The summed E-state index contributed by atoms with van der Waals surface area (Å²) in [7, 11) is 6.17. The lowest BCUT2D eigenvalue weighted by atomic mass is 10.1. The summed E-state index contributed by atoms with van der Waals surface area (Å²) in [5, 5.41) is 3.27. The summed E-state index contributed by atoms with van der Waals surface area (Å²) < 4.78 is 13.0. The Hall–Kier alpha value is -3.55. The summed E-state index contributed by atoms with van der Waals surface area (Å²) in [5.41, 5.74) is 0.993. The second kappa shape index (κ2) is 8.44. The van der Waals surface area contributed by atoms with Gasteiger partial charge in [0.15, 0.2) is 11.5 Å². The number of hydrogen-bond donors (Lipinski definition) is 1. The quantitative estimate of drug-likeness (QED) is 0.666. The van der Waals surface area contributed by atoms with Crippen molar-refractivity contribution in [2.75, 3.05) is 14.2 Å². The van der Waals surface area contributed by atoms with Gasteiger partial charge in [-0.15, -0.1) is 0 Å². The molecule has 0 radical (unpaired) electrons. The minimum absolute atomic E-state index is 0.158. The Morgan fingerprint density at radius 1 is 1.00 bits per heavy atom. The van der Waals surface area contributed by atoms with E-state index in [1.54, 1.807) is 33.4 Å². The summed E-state index contributed by atoms with van der Waals surface area (Å²) in [5.74, 6) is 0.982. The summed E-state index contributed by atoms with van der Waals surface area (Å²) in [6, 6.07) is 10.2. The molecular weight excluding hydrogens is 386 g/mol. The van der Waals surface area contributed by atoms with E-state index in [2.05, 4.69) is 5.32 Å². The van der Waals surface area contributed by atoms with Crippen LogP contribution >= 0.6 is 0 Å². The molecule has 1 atom stereocenters. The highest BCUT2D eigenvalue weighted by Gasteiger charge is 2.15. The van der Waals surface area contributed by atoms with Crippen LogP contribution in [0.25, 0.3) is 10.9 Å². The lowest BCUT2D eigenvalue weighted by Crippen LogP contribution is -2.37. The Morgan fingerprint density at radius 3 is 2.37 bits per heavy atom. The first-order chi connectivity index (χ1) is 14.3. The summed E-state index contributed by atoms with van der Waals surface area (Å²) in [4.78, 5) is 37.2. The molecule has 0 aliphatic carbocycles. The van der Waals surface area contributed by atoms with E-state index in [0.717, 1.165) is 10.1 Å². The molecule has 0 bridgehead atoms. The molecule has 1 heterocycles. The molecule has 0 fully saturated rings. The van der Waals surface area contributed by atoms with Gasteiger partial charge >= 0.3 is 5.69 Å². The number of benzene rings is 2. The number of hydrogen-bond acceptors (Lipinski definition) is 5. The lowest BCUT2D eigenvalue weighted by Gasteiger charge is -2.16. The van der Waals surface area contributed by atoms with Crippen molar-refractivity contribution in [2.45, 2.75) is 19.4 Å². The highest BCUT2D eigenvalue weighted by atomic mass is 16.5. The average Bonchev–Trinajstić information content (AvgIpc) is 2.75. The Labute approximate surface area is 173 Å². The molecule has 8 heteroatoms. The van der Waals surface area contributed by atoms with E-state index >= 15 is 0 Å². The molecule has 0 unspecified atom stereocenters. The minimum atomic E-state index is -0.430. The molecule has 30 heavy (non-hydrogen) atoms. The number of fused-ring (bicyclic) bond motifs is 1. The third-order valence-electron chi connectivity index (χ3n) is 5.10. The van der Waals surface area contributed by atoms with Crippen molar-refractivity contribution in [2.24, 2.45) is 14.1 Å². The summed E-state index contributed by atoms with van der Waals surface area (Å²) >= 11 is 0. The topological polar surface area (TPSA) is 91.6 Å². The first kappa shape index (κ1) is 21.2. The van der Waals surface area contributed by atoms with Gasteiger partial charge in [0.25, 0.3) is 11.5 Å². The number of carbonyl (C=O) groups excluding carboxylic acids is 1. The van der Waals surface area contributed by atoms with Crippen molar-refractivity contribution in [3.63, 3.8) is 0 Å². The molecule has 2 aromatic carbocycles. The van der Waals surface area contributed by atoms with Crippen molar-refractivity contribution >= 4 is 16.8 Å².